The Hall–Kier alpha value is -2.91. The molecule has 1 aliphatic heterocycles. The molecule has 1 unspecified atom stereocenters. The third-order valence-corrected chi connectivity index (χ3v) is 5.86. The molecule has 32 heavy (non-hydrogen) atoms. The molecule has 0 bridgehead atoms. The Morgan fingerprint density at radius 2 is 1.88 bits per heavy atom. The minimum Gasteiger partial charge on any atom is -0.496 e. The zero-order valence-electron chi connectivity index (χ0n) is 18.0. The van der Waals surface area contributed by atoms with Gasteiger partial charge in [0, 0.05) is 18.3 Å². The first kappa shape index (κ1) is 23.7. The molecule has 1 saturated heterocycles. The molecule has 0 aliphatic carbocycles. The normalized spacial score (nSPS) is 16.2. The van der Waals surface area contributed by atoms with Crippen LogP contribution in [0.1, 0.15) is 40.4 Å². The van der Waals surface area contributed by atoms with Crippen molar-refractivity contribution in [1.29, 1.82) is 0 Å². The van der Waals surface area contributed by atoms with E-state index in [-0.39, 0.29) is 5.75 Å². The molecule has 1 heterocycles. The number of rotatable bonds is 9. The number of amides is 1. The van der Waals surface area contributed by atoms with Crippen LogP contribution in [0.4, 0.5) is 14.5 Å². The number of likely N-dealkylation sites (tertiary alicyclic amines) is 1. The molecule has 9 heteroatoms. The van der Waals surface area contributed by atoms with Crippen molar-refractivity contribution < 1.29 is 28.2 Å². The number of carbonyl (C=O) groups excluding carboxylic acids is 1. The molecular formula is C23H29F2N3O4. The SMILES string of the molecule is COc1cc(N)c(CC2CCN(CC(O)c3ccc(OC(F)F)cc3)CC2)cc1C(N)=O. The van der Waals surface area contributed by atoms with Crippen molar-refractivity contribution in [2.24, 2.45) is 11.7 Å². The maximum Gasteiger partial charge on any atom is 0.387 e. The number of piperidine rings is 1. The van der Waals surface area contributed by atoms with Crippen LogP contribution in [-0.4, -0.2) is 49.3 Å². The Morgan fingerprint density at radius 1 is 1.22 bits per heavy atom. The van der Waals surface area contributed by atoms with Crippen LogP contribution in [0, 0.1) is 5.92 Å². The Balaban J connectivity index is 1.53. The van der Waals surface area contributed by atoms with Gasteiger partial charge in [0.1, 0.15) is 11.5 Å². The number of nitrogen functional groups attached to an aromatic ring is 1. The molecule has 1 fully saturated rings. The highest BCUT2D eigenvalue weighted by molar-refractivity contribution is 5.96. The molecule has 0 aromatic heterocycles. The number of alkyl halides is 2. The van der Waals surface area contributed by atoms with Gasteiger partial charge in [-0.05, 0) is 67.6 Å². The number of β-amino-alcohol motifs (C(OH)–C–C–N with tert-alkyl or cyclic N) is 1. The van der Waals surface area contributed by atoms with Crippen molar-refractivity contribution in [2.75, 3.05) is 32.5 Å². The van der Waals surface area contributed by atoms with E-state index in [2.05, 4.69) is 9.64 Å². The number of anilines is 1. The second kappa shape index (κ2) is 10.6. The predicted octanol–water partition coefficient (Wildman–Crippen LogP) is 2.97. The van der Waals surface area contributed by atoms with Gasteiger partial charge < -0.3 is 30.9 Å². The van der Waals surface area contributed by atoms with Gasteiger partial charge in [-0.25, -0.2) is 0 Å². The molecule has 1 amide bonds. The average Bonchev–Trinajstić information content (AvgIpc) is 2.76. The standard InChI is InChI=1S/C23H29F2N3O4/c1-31-21-12-19(26)16(11-18(21)22(27)30)10-14-6-8-28(9-7-14)13-20(29)15-2-4-17(5-3-15)32-23(24)25/h2-5,11-12,14,20,23,29H,6-10,13,26H2,1H3,(H2,27,30). The van der Waals surface area contributed by atoms with Gasteiger partial charge in [-0.15, -0.1) is 0 Å². The largest absolute Gasteiger partial charge is 0.496 e. The highest BCUT2D eigenvalue weighted by atomic mass is 19.3. The lowest BCUT2D eigenvalue weighted by Gasteiger charge is -2.33. The van der Waals surface area contributed by atoms with E-state index in [0.717, 1.165) is 37.9 Å². The summed E-state index contributed by atoms with van der Waals surface area (Å²) in [5, 5.41) is 10.5. The van der Waals surface area contributed by atoms with E-state index in [0.29, 0.717) is 35.0 Å². The minimum absolute atomic E-state index is 0.0639. The quantitative estimate of drug-likeness (QED) is 0.508. The maximum atomic E-state index is 12.3. The van der Waals surface area contributed by atoms with Crippen molar-refractivity contribution in [3.05, 3.63) is 53.1 Å². The number of hydrogen-bond acceptors (Lipinski definition) is 6. The van der Waals surface area contributed by atoms with E-state index in [1.165, 1.54) is 19.2 Å². The first-order valence-corrected chi connectivity index (χ1v) is 10.5. The van der Waals surface area contributed by atoms with Gasteiger partial charge >= 0.3 is 6.61 Å². The molecular weight excluding hydrogens is 420 g/mol. The Kier molecular flexibility index (Phi) is 7.87. The summed E-state index contributed by atoms with van der Waals surface area (Å²) in [5.74, 6) is 0.275. The van der Waals surface area contributed by atoms with Gasteiger partial charge in [0.2, 0.25) is 0 Å². The summed E-state index contributed by atoms with van der Waals surface area (Å²) in [6, 6.07) is 9.40. The van der Waals surface area contributed by atoms with E-state index < -0.39 is 18.6 Å². The van der Waals surface area contributed by atoms with E-state index >= 15 is 0 Å². The lowest BCUT2D eigenvalue weighted by Crippen LogP contribution is -2.37. The van der Waals surface area contributed by atoms with Crippen LogP contribution in [0.2, 0.25) is 0 Å². The summed E-state index contributed by atoms with van der Waals surface area (Å²) < 4.78 is 34.0. The summed E-state index contributed by atoms with van der Waals surface area (Å²) in [6.45, 7) is -0.791. The number of aliphatic hydroxyl groups excluding tert-OH is 1. The lowest BCUT2D eigenvalue weighted by molar-refractivity contribution is -0.0498. The fourth-order valence-corrected chi connectivity index (χ4v) is 4.08. The predicted molar refractivity (Wildman–Crippen MR) is 117 cm³/mol. The van der Waals surface area contributed by atoms with E-state index in [4.69, 9.17) is 16.2 Å². The molecule has 7 nitrogen and oxygen atoms in total. The maximum absolute atomic E-state index is 12.3. The number of ether oxygens (including phenoxy) is 2. The fourth-order valence-electron chi connectivity index (χ4n) is 4.08. The van der Waals surface area contributed by atoms with Crippen LogP contribution < -0.4 is 20.9 Å². The zero-order valence-corrected chi connectivity index (χ0v) is 18.0. The van der Waals surface area contributed by atoms with Crippen LogP contribution in [0.5, 0.6) is 11.5 Å². The number of halogens is 2. The van der Waals surface area contributed by atoms with Crippen molar-refractivity contribution >= 4 is 11.6 Å². The Morgan fingerprint density at radius 3 is 2.44 bits per heavy atom. The van der Waals surface area contributed by atoms with Crippen LogP contribution in [0.3, 0.4) is 0 Å². The fraction of sp³-hybridized carbons (Fsp3) is 0.435. The number of aliphatic hydroxyl groups is 1. The van der Waals surface area contributed by atoms with E-state index in [1.54, 1.807) is 24.3 Å². The van der Waals surface area contributed by atoms with Crippen LogP contribution in [0.15, 0.2) is 36.4 Å². The van der Waals surface area contributed by atoms with Gasteiger partial charge in [0.05, 0.1) is 18.8 Å². The summed E-state index contributed by atoms with van der Waals surface area (Å²) in [6.07, 6.45) is 1.86. The van der Waals surface area contributed by atoms with Gasteiger partial charge in [0.25, 0.3) is 5.91 Å². The first-order chi connectivity index (χ1) is 15.3. The zero-order chi connectivity index (χ0) is 23.3. The van der Waals surface area contributed by atoms with Crippen LogP contribution in [0.25, 0.3) is 0 Å². The van der Waals surface area contributed by atoms with Crippen molar-refractivity contribution in [3.8, 4) is 11.5 Å². The second-order valence-corrected chi connectivity index (χ2v) is 8.03. The topological polar surface area (TPSA) is 111 Å². The van der Waals surface area contributed by atoms with Gasteiger partial charge in [-0.1, -0.05) is 12.1 Å². The van der Waals surface area contributed by atoms with Gasteiger partial charge in [-0.2, -0.15) is 8.78 Å². The molecule has 1 aliphatic rings. The Bertz CT molecular complexity index is 916. The van der Waals surface area contributed by atoms with Gasteiger partial charge in [-0.3, -0.25) is 4.79 Å². The first-order valence-electron chi connectivity index (χ1n) is 10.5. The Labute approximate surface area is 185 Å². The van der Waals surface area contributed by atoms with Crippen LogP contribution in [-0.2, 0) is 6.42 Å². The molecule has 0 radical (unpaired) electrons. The number of primary amides is 1. The summed E-state index contributed by atoms with van der Waals surface area (Å²) in [7, 11) is 1.47. The molecule has 2 aromatic carbocycles. The number of carbonyl (C=O) groups is 1. The lowest BCUT2D eigenvalue weighted by atomic mass is 9.88. The second-order valence-electron chi connectivity index (χ2n) is 8.03. The van der Waals surface area contributed by atoms with Crippen molar-refractivity contribution in [2.45, 2.75) is 32.0 Å². The van der Waals surface area contributed by atoms with Crippen molar-refractivity contribution in [1.82, 2.24) is 4.90 Å². The molecule has 0 spiro atoms. The number of hydrogen-bond donors (Lipinski definition) is 3. The highest BCUT2D eigenvalue weighted by Crippen LogP contribution is 2.30. The molecule has 2 aromatic rings. The van der Waals surface area contributed by atoms with Crippen molar-refractivity contribution in [3.63, 3.8) is 0 Å². The minimum atomic E-state index is -2.87. The van der Waals surface area contributed by atoms with E-state index in [9.17, 15) is 18.7 Å². The van der Waals surface area contributed by atoms with Crippen LogP contribution >= 0.6 is 0 Å². The number of nitrogens with zero attached hydrogens (tertiary/aromatic N) is 1. The molecule has 1 atom stereocenters. The molecule has 3 rings (SSSR count). The summed E-state index contributed by atoms with van der Waals surface area (Å²) >= 11 is 0. The molecule has 0 saturated carbocycles. The third-order valence-electron chi connectivity index (χ3n) is 5.86. The number of nitrogens with two attached hydrogens (primary N) is 2. The smallest absolute Gasteiger partial charge is 0.387 e. The summed E-state index contributed by atoms with van der Waals surface area (Å²) in [5.41, 5.74) is 14.0. The molecule has 5 N–H and O–H groups in total. The summed E-state index contributed by atoms with van der Waals surface area (Å²) in [4.78, 5) is 13.9. The highest BCUT2D eigenvalue weighted by Gasteiger charge is 2.23. The third kappa shape index (κ3) is 6.08. The van der Waals surface area contributed by atoms with Gasteiger partial charge in [0.15, 0.2) is 0 Å². The molecule has 174 valence electrons. The monoisotopic (exact) mass is 449 g/mol. The van der Waals surface area contributed by atoms with E-state index in [1.807, 2.05) is 0 Å². The number of benzene rings is 2. The average molecular weight is 449 g/mol. The number of methoxy groups -OCH3 is 1.